The Morgan fingerprint density at radius 3 is 3.07 bits per heavy atom. The Hall–Kier alpha value is -0.230. The van der Waals surface area contributed by atoms with E-state index in [9.17, 15) is 4.79 Å². The molecule has 1 amide bonds. The number of thiophene rings is 1. The van der Waals surface area contributed by atoms with Gasteiger partial charge in [-0.1, -0.05) is 0 Å². The second-order valence-corrected chi connectivity index (χ2v) is 4.58. The molecule has 0 aliphatic carbocycles. The third kappa shape index (κ3) is 2.88. The zero-order valence-electron chi connectivity index (χ0n) is 7.36. The molecule has 1 aromatic rings. The lowest BCUT2D eigenvalue weighted by molar-refractivity contribution is -0.117. The van der Waals surface area contributed by atoms with Gasteiger partial charge in [-0.2, -0.15) is 11.3 Å². The molecule has 2 heterocycles. The number of halogens is 1. The Morgan fingerprint density at radius 2 is 2.50 bits per heavy atom. The van der Waals surface area contributed by atoms with E-state index in [0.717, 1.165) is 17.3 Å². The van der Waals surface area contributed by atoms with Gasteiger partial charge in [-0.3, -0.25) is 10.1 Å². The standard InChI is InChI=1S/C8H10N2OS2.ClH/c11-8(7-4-13-5-9-7)10-6-1-2-12-3-6;/h1-3,7,9H,4-5H2,(H,10,11);1H. The summed E-state index contributed by atoms with van der Waals surface area (Å²) in [6.45, 7) is 0. The normalized spacial score (nSPS) is 20.1. The van der Waals surface area contributed by atoms with Crippen LogP contribution >= 0.6 is 35.5 Å². The molecule has 1 fully saturated rings. The highest BCUT2D eigenvalue weighted by Crippen LogP contribution is 2.14. The fourth-order valence-corrected chi connectivity index (χ4v) is 2.66. The van der Waals surface area contributed by atoms with Crippen molar-refractivity contribution < 1.29 is 4.79 Å². The average Bonchev–Trinajstić information content (AvgIpc) is 2.74. The summed E-state index contributed by atoms with van der Waals surface area (Å²) in [5, 5.41) is 9.86. The maximum absolute atomic E-state index is 11.5. The van der Waals surface area contributed by atoms with E-state index in [0.29, 0.717) is 0 Å². The molecule has 2 rings (SSSR count). The lowest BCUT2D eigenvalue weighted by Gasteiger charge is -2.08. The molecule has 2 N–H and O–H groups in total. The smallest absolute Gasteiger partial charge is 0.242 e. The van der Waals surface area contributed by atoms with Crippen molar-refractivity contribution in [2.45, 2.75) is 6.04 Å². The van der Waals surface area contributed by atoms with Crippen LogP contribution in [0.3, 0.4) is 0 Å². The number of carbonyl (C=O) groups excluding carboxylic acids is 1. The third-order valence-corrected chi connectivity index (χ3v) is 3.44. The largest absolute Gasteiger partial charge is 0.324 e. The summed E-state index contributed by atoms with van der Waals surface area (Å²) in [5.74, 6) is 1.82. The molecule has 0 aromatic carbocycles. The Bertz CT molecular complexity index is 286. The van der Waals surface area contributed by atoms with E-state index in [-0.39, 0.29) is 24.4 Å². The van der Waals surface area contributed by atoms with Crippen LogP contribution in [0.25, 0.3) is 0 Å². The maximum Gasteiger partial charge on any atom is 0.242 e. The number of rotatable bonds is 2. The van der Waals surface area contributed by atoms with Crippen molar-refractivity contribution in [3.63, 3.8) is 0 Å². The Balaban J connectivity index is 0.000000980. The average molecular weight is 251 g/mol. The third-order valence-electron chi connectivity index (χ3n) is 1.82. The SMILES string of the molecule is Cl.O=C(Nc1ccsc1)C1CSCN1. The first-order valence-electron chi connectivity index (χ1n) is 4.00. The molecular weight excluding hydrogens is 240 g/mol. The van der Waals surface area contributed by atoms with Crippen molar-refractivity contribution >= 4 is 47.1 Å². The minimum atomic E-state index is -0.0232. The molecule has 1 saturated heterocycles. The molecule has 14 heavy (non-hydrogen) atoms. The predicted molar refractivity (Wildman–Crippen MR) is 64.4 cm³/mol. The van der Waals surface area contributed by atoms with Crippen LogP contribution < -0.4 is 10.6 Å². The van der Waals surface area contributed by atoms with Gasteiger partial charge in [-0.15, -0.1) is 24.2 Å². The topological polar surface area (TPSA) is 41.1 Å². The van der Waals surface area contributed by atoms with E-state index in [2.05, 4.69) is 10.6 Å². The van der Waals surface area contributed by atoms with Gasteiger partial charge in [-0.05, 0) is 11.4 Å². The minimum Gasteiger partial charge on any atom is -0.324 e. The Labute approximate surface area is 97.1 Å². The lowest BCUT2D eigenvalue weighted by atomic mass is 10.3. The molecule has 0 saturated carbocycles. The molecule has 0 bridgehead atoms. The highest BCUT2D eigenvalue weighted by molar-refractivity contribution is 7.99. The van der Waals surface area contributed by atoms with Crippen LogP contribution in [-0.4, -0.2) is 23.6 Å². The zero-order valence-corrected chi connectivity index (χ0v) is 9.81. The van der Waals surface area contributed by atoms with Crippen molar-refractivity contribution in [3.8, 4) is 0 Å². The van der Waals surface area contributed by atoms with Crippen molar-refractivity contribution in [2.75, 3.05) is 16.9 Å². The van der Waals surface area contributed by atoms with Gasteiger partial charge in [0.2, 0.25) is 5.91 Å². The Morgan fingerprint density at radius 1 is 1.64 bits per heavy atom. The highest BCUT2D eigenvalue weighted by Gasteiger charge is 2.22. The first-order chi connectivity index (χ1) is 6.36. The van der Waals surface area contributed by atoms with Crippen molar-refractivity contribution in [2.24, 2.45) is 0 Å². The van der Waals surface area contributed by atoms with Gasteiger partial charge in [0.05, 0.1) is 11.7 Å². The van der Waals surface area contributed by atoms with Gasteiger partial charge in [-0.25, -0.2) is 0 Å². The number of amides is 1. The van der Waals surface area contributed by atoms with Crippen LogP contribution in [0.1, 0.15) is 0 Å². The summed E-state index contributed by atoms with van der Waals surface area (Å²) < 4.78 is 0. The monoisotopic (exact) mass is 250 g/mol. The summed E-state index contributed by atoms with van der Waals surface area (Å²) in [4.78, 5) is 11.5. The number of nitrogens with one attached hydrogen (secondary N) is 2. The minimum absolute atomic E-state index is 0. The number of hydrogen-bond acceptors (Lipinski definition) is 4. The molecule has 1 aliphatic heterocycles. The van der Waals surface area contributed by atoms with E-state index in [1.54, 1.807) is 23.1 Å². The van der Waals surface area contributed by atoms with Crippen molar-refractivity contribution in [1.82, 2.24) is 5.32 Å². The van der Waals surface area contributed by atoms with Crippen molar-refractivity contribution in [1.29, 1.82) is 0 Å². The molecule has 1 unspecified atom stereocenters. The van der Waals surface area contributed by atoms with Gasteiger partial charge in [0.25, 0.3) is 0 Å². The second-order valence-electron chi connectivity index (χ2n) is 2.77. The van der Waals surface area contributed by atoms with Crippen LogP contribution in [-0.2, 0) is 4.79 Å². The summed E-state index contributed by atoms with van der Waals surface area (Å²) in [7, 11) is 0. The number of carbonyl (C=O) groups is 1. The second kappa shape index (κ2) is 5.60. The van der Waals surface area contributed by atoms with Crippen LogP contribution in [0.2, 0.25) is 0 Å². The number of anilines is 1. The molecule has 6 heteroatoms. The van der Waals surface area contributed by atoms with Crippen LogP contribution in [0.5, 0.6) is 0 Å². The van der Waals surface area contributed by atoms with Gasteiger partial charge in [0, 0.05) is 17.0 Å². The quantitative estimate of drug-likeness (QED) is 0.841. The molecule has 1 aromatic heterocycles. The first-order valence-corrected chi connectivity index (χ1v) is 6.10. The fraction of sp³-hybridized carbons (Fsp3) is 0.375. The predicted octanol–water partition coefficient (Wildman–Crippen LogP) is 1.77. The molecule has 1 atom stereocenters. The van der Waals surface area contributed by atoms with E-state index < -0.39 is 0 Å². The molecule has 1 aliphatic rings. The summed E-state index contributed by atoms with van der Waals surface area (Å²) in [6.07, 6.45) is 0. The molecule has 3 nitrogen and oxygen atoms in total. The summed E-state index contributed by atoms with van der Waals surface area (Å²) >= 11 is 3.34. The summed E-state index contributed by atoms with van der Waals surface area (Å²) in [5.41, 5.74) is 0.897. The first kappa shape index (κ1) is 11.8. The van der Waals surface area contributed by atoms with Crippen LogP contribution in [0.4, 0.5) is 5.69 Å². The molecular formula is C8H11ClN2OS2. The highest BCUT2D eigenvalue weighted by atomic mass is 35.5. The van der Waals surface area contributed by atoms with Gasteiger partial charge < -0.3 is 5.32 Å². The molecule has 78 valence electrons. The fourth-order valence-electron chi connectivity index (χ4n) is 1.13. The summed E-state index contributed by atoms with van der Waals surface area (Å²) in [6, 6.07) is 1.88. The van der Waals surface area contributed by atoms with Gasteiger partial charge in [0.1, 0.15) is 0 Å². The van der Waals surface area contributed by atoms with E-state index in [1.807, 2.05) is 16.8 Å². The van der Waals surface area contributed by atoms with Gasteiger partial charge >= 0.3 is 0 Å². The number of hydrogen-bond donors (Lipinski definition) is 2. The van der Waals surface area contributed by atoms with Gasteiger partial charge in [0.15, 0.2) is 0 Å². The maximum atomic E-state index is 11.5. The molecule has 0 spiro atoms. The Kier molecular flexibility index (Phi) is 4.74. The lowest BCUT2D eigenvalue weighted by Crippen LogP contribution is -2.37. The van der Waals surface area contributed by atoms with Crippen LogP contribution in [0, 0.1) is 0 Å². The zero-order chi connectivity index (χ0) is 9.10. The van der Waals surface area contributed by atoms with Crippen LogP contribution in [0.15, 0.2) is 16.8 Å². The number of thioether (sulfide) groups is 1. The van der Waals surface area contributed by atoms with Crippen molar-refractivity contribution in [3.05, 3.63) is 16.8 Å². The van der Waals surface area contributed by atoms with E-state index in [4.69, 9.17) is 0 Å². The molecule has 0 radical (unpaired) electrons. The van der Waals surface area contributed by atoms with E-state index in [1.165, 1.54) is 0 Å². The van der Waals surface area contributed by atoms with E-state index >= 15 is 0 Å².